The van der Waals surface area contributed by atoms with Crippen LogP contribution in [-0.4, -0.2) is 17.5 Å². The van der Waals surface area contributed by atoms with Gasteiger partial charge in [0.25, 0.3) is 0 Å². The van der Waals surface area contributed by atoms with Gasteiger partial charge in [0.2, 0.25) is 0 Å². The van der Waals surface area contributed by atoms with Crippen LogP contribution in [0, 0.1) is 0 Å². The monoisotopic (exact) mass is 225 g/mol. The fourth-order valence-electron chi connectivity index (χ4n) is 1.07. The second-order valence-corrected chi connectivity index (χ2v) is 4.50. The summed E-state index contributed by atoms with van der Waals surface area (Å²) in [6, 6.07) is 0. The first-order chi connectivity index (χ1) is 6.60. The fourth-order valence-corrected chi connectivity index (χ4v) is 1.07. The van der Waals surface area contributed by atoms with E-state index in [1.54, 1.807) is 13.8 Å². The molecule has 0 aromatic rings. The van der Waals surface area contributed by atoms with E-state index in [1.807, 2.05) is 0 Å². The quantitative estimate of drug-likeness (QED) is 0.755. The Bertz CT molecular complexity index is 206. The molecule has 0 aliphatic heterocycles. The highest BCUT2D eigenvalue weighted by Crippen LogP contribution is 2.22. The third-order valence-corrected chi connectivity index (χ3v) is 1.96. The van der Waals surface area contributed by atoms with E-state index in [-0.39, 0.29) is 25.0 Å². The van der Waals surface area contributed by atoms with Gasteiger partial charge in [-0.3, -0.25) is 4.79 Å². The maximum atomic E-state index is 11.7. The summed E-state index contributed by atoms with van der Waals surface area (Å²) in [5.74, 6) is -0.141. The molecule has 0 rings (SSSR count). The summed E-state index contributed by atoms with van der Waals surface area (Å²) in [6.07, 6.45) is -4.39. The van der Waals surface area contributed by atoms with Gasteiger partial charge in [-0.05, 0) is 26.7 Å². The van der Waals surface area contributed by atoms with Crippen molar-refractivity contribution in [3.05, 3.63) is 0 Å². The number of nitrogens with two attached hydrogens (primary N) is 1. The van der Waals surface area contributed by atoms with Crippen LogP contribution in [0.1, 0.15) is 46.0 Å². The van der Waals surface area contributed by atoms with E-state index >= 15 is 0 Å². The number of rotatable bonds is 6. The second kappa shape index (κ2) is 5.49. The van der Waals surface area contributed by atoms with Gasteiger partial charge >= 0.3 is 6.18 Å². The first-order valence-corrected chi connectivity index (χ1v) is 4.97. The van der Waals surface area contributed by atoms with Crippen LogP contribution in [0.15, 0.2) is 0 Å². The number of Topliss-reactive ketones (excluding diaryl/α,β-unsaturated/α-hetero) is 1. The van der Waals surface area contributed by atoms with E-state index in [9.17, 15) is 18.0 Å². The largest absolute Gasteiger partial charge is 0.389 e. The van der Waals surface area contributed by atoms with Crippen molar-refractivity contribution in [1.82, 2.24) is 0 Å². The Balaban J connectivity index is 3.60. The Kier molecular flexibility index (Phi) is 5.28. The predicted molar refractivity (Wildman–Crippen MR) is 52.4 cm³/mol. The Labute approximate surface area is 88.0 Å². The number of alkyl halides is 3. The maximum Gasteiger partial charge on any atom is 0.389 e. The Hall–Kier alpha value is -0.580. The van der Waals surface area contributed by atoms with E-state index in [0.29, 0.717) is 6.42 Å². The molecule has 0 heterocycles. The van der Waals surface area contributed by atoms with Crippen LogP contribution in [0.3, 0.4) is 0 Å². The summed E-state index contributed by atoms with van der Waals surface area (Å²) >= 11 is 0. The molecule has 0 atom stereocenters. The molecular weight excluding hydrogens is 207 g/mol. The average Bonchev–Trinajstić information content (AvgIpc) is 1.97. The molecule has 90 valence electrons. The lowest BCUT2D eigenvalue weighted by atomic mass is 9.97. The molecule has 0 aromatic carbocycles. The molecule has 5 heteroatoms. The topological polar surface area (TPSA) is 43.1 Å². The minimum Gasteiger partial charge on any atom is -0.326 e. The van der Waals surface area contributed by atoms with E-state index in [1.165, 1.54) is 0 Å². The van der Waals surface area contributed by atoms with Crippen molar-refractivity contribution in [2.24, 2.45) is 5.73 Å². The van der Waals surface area contributed by atoms with Crippen molar-refractivity contribution >= 4 is 5.78 Å². The summed E-state index contributed by atoms with van der Waals surface area (Å²) in [6.45, 7) is 3.58. The smallest absolute Gasteiger partial charge is 0.326 e. The molecule has 0 aromatic heterocycles. The van der Waals surface area contributed by atoms with Crippen molar-refractivity contribution < 1.29 is 18.0 Å². The van der Waals surface area contributed by atoms with Gasteiger partial charge in [-0.2, -0.15) is 13.2 Å². The Morgan fingerprint density at radius 3 is 2.07 bits per heavy atom. The molecule has 0 unspecified atom stereocenters. The standard InChI is InChI=1S/C10H18F3NO/c1-9(2,14)7-5-8(15)4-3-6-10(11,12)13/h3-7,14H2,1-2H3. The lowest BCUT2D eigenvalue weighted by molar-refractivity contribution is -0.137. The van der Waals surface area contributed by atoms with Crippen LogP contribution in [-0.2, 0) is 4.79 Å². The first kappa shape index (κ1) is 14.4. The first-order valence-electron chi connectivity index (χ1n) is 4.97. The van der Waals surface area contributed by atoms with E-state index in [0.717, 1.165) is 0 Å². The molecule has 2 N–H and O–H groups in total. The Morgan fingerprint density at radius 1 is 1.13 bits per heavy atom. The third kappa shape index (κ3) is 11.3. The average molecular weight is 225 g/mol. The van der Waals surface area contributed by atoms with E-state index < -0.39 is 18.1 Å². The molecule has 0 aliphatic carbocycles. The van der Waals surface area contributed by atoms with Crippen molar-refractivity contribution in [3.8, 4) is 0 Å². The number of halogens is 3. The van der Waals surface area contributed by atoms with Gasteiger partial charge in [0.15, 0.2) is 0 Å². The summed E-state index contributed by atoms with van der Waals surface area (Å²) in [7, 11) is 0. The molecule has 0 saturated heterocycles. The number of carbonyl (C=O) groups excluding carboxylic acids is 1. The SMILES string of the molecule is CC(C)(N)CCC(=O)CCCC(F)(F)F. The van der Waals surface area contributed by atoms with Gasteiger partial charge in [-0.15, -0.1) is 0 Å². The lowest BCUT2D eigenvalue weighted by Gasteiger charge is -2.17. The summed E-state index contributed by atoms with van der Waals surface area (Å²) in [4.78, 5) is 11.2. The van der Waals surface area contributed by atoms with Crippen LogP contribution in [0.5, 0.6) is 0 Å². The maximum absolute atomic E-state index is 11.7. The van der Waals surface area contributed by atoms with Gasteiger partial charge in [-0.1, -0.05) is 0 Å². The normalized spacial score (nSPS) is 12.9. The molecule has 15 heavy (non-hydrogen) atoms. The molecule has 0 bridgehead atoms. The molecular formula is C10H18F3NO. The lowest BCUT2D eigenvalue weighted by Crippen LogP contribution is -2.32. The van der Waals surface area contributed by atoms with Crippen molar-refractivity contribution in [3.63, 3.8) is 0 Å². The van der Waals surface area contributed by atoms with Gasteiger partial charge in [0, 0.05) is 24.8 Å². The van der Waals surface area contributed by atoms with Crippen LogP contribution in [0.2, 0.25) is 0 Å². The second-order valence-electron chi connectivity index (χ2n) is 4.50. The van der Waals surface area contributed by atoms with Crippen LogP contribution in [0.25, 0.3) is 0 Å². The molecule has 0 radical (unpaired) electrons. The molecule has 0 spiro atoms. The van der Waals surface area contributed by atoms with E-state index in [4.69, 9.17) is 5.73 Å². The van der Waals surface area contributed by atoms with Gasteiger partial charge in [0.05, 0.1) is 0 Å². The Morgan fingerprint density at radius 2 is 1.67 bits per heavy atom. The molecule has 0 saturated carbocycles. The van der Waals surface area contributed by atoms with Gasteiger partial charge < -0.3 is 5.73 Å². The van der Waals surface area contributed by atoms with Gasteiger partial charge in [0.1, 0.15) is 5.78 Å². The zero-order chi connectivity index (χ0) is 12.1. The summed E-state index contributed by atoms with van der Waals surface area (Å²) in [5.41, 5.74) is 5.22. The number of hydrogen-bond acceptors (Lipinski definition) is 2. The minimum absolute atomic E-state index is 0.00438. The van der Waals surface area contributed by atoms with Crippen molar-refractivity contribution in [1.29, 1.82) is 0 Å². The summed E-state index contributed by atoms with van der Waals surface area (Å²) < 4.78 is 35.2. The number of ketones is 1. The summed E-state index contributed by atoms with van der Waals surface area (Å²) in [5, 5.41) is 0. The van der Waals surface area contributed by atoms with Crippen molar-refractivity contribution in [2.45, 2.75) is 57.7 Å². The predicted octanol–water partition coefficient (Wildman–Crippen LogP) is 2.81. The van der Waals surface area contributed by atoms with Crippen LogP contribution in [0.4, 0.5) is 13.2 Å². The molecule has 0 amide bonds. The highest BCUT2D eigenvalue weighted by Gasteiger charge is 2.26. The molecule has 0 aliphatic rings. The zero-order valence-electron chi connectivity index (χ0n) is 9.16. The van der Waals surface area contributed by atoms with Crippen molar-refractivity contribution in [2.75, 3.05) is 0 Å². The highest BCUT2D eigenvalue weighted by atomic mass is 19.4. The van der Waals surface area contributed by atoms with Crippen LogP contribution < -0.4 is 5.73 Å². The number of carbonyl (C=O) groups is 1. The fraction of sp³-hybridized carbons (Fsp3) is 0.900. The van der Waals surface area contributed by atoms with Gasteiger partial charge in [-0.25, -0.2) is 0 Å². The minimum atomic E-state index is -4.16. The number of hydrogen-bond donors (Lipinski definition) is 1. The third-order valence-electron chi connectivity index (χ3n) is 1.96. The van der Waals surface area contributed by atoms with Crippen LogP contribution >= 0.6 is 0 Å². The molecule has 0 fully saturated rings. The van der Waals surface area contributed by atoms with E-state index in [2.05, 4.69) is 0 Å². The zero-order valence-corrected chi connectivity index (χ0v) is 9.16. The highest BCUT2D eigenvalue weighted by molar-refractivity contribution is 5.78. The molecule has 2 nitrogen and oxygen atoms in total.